The summed E-state index contributed by atoms with van der Waals surface area (Å²) in [7, 11) is 4.34. The first kappa shape index (κ1) is 22.7. The summed E-state index contributed by atoms with van der Waals surface area (Å²) in [6.45, 7) is 2.16. The van der Waals surface area contributed by atoms with Gasteiger partial charge in [0.15, 0.2) is 0 Å². The maximum absolute atomic E-state index is 4.86. The monoisotopic (exact) mass is 476 g/mol. The molecule has 0 spiro atoms. The first-order chi connectivity index (χ1) is 17.6. The quantitative estimate of drug-likeness (QED) is 0.375. The van der Waals surface area contributed by atoms with Gasteiger partial charge in [-0.2, -0.15) is 0 Å². The number of pyridine rings is 3. The smallest absolute Gasteiger partial charge is 0.127 e. The summed E-state index contributed by atoms with van der Waals surface area (Å²) in [5, 5.41) is 3.56. The summed E-state index contributed by atoms with van der Waals surface area (Å²) in [4.78, 5) is 18.8. The fourth-order valence-electron chi connectivity index (χ4n) is 4.89. The normalized spacial score (nSPS) is 17.5. The maximum Gasteiger partial charge on any atom is 0.127 e. The average molecular weight is 477 g/mol. The molecule has 0 amide bonds. The molecule has 1 atom stereocenters. The van der Waals surface area contributed by atoms with Crippen molar-refractivity contribution in [3.8, 4) is 33.6 Å². The number of benzene rings is 1. The molecule has 182 valence electrons. The van der Waals surface area contributed by atoms with Gasteiger partial charge in [0.25, 0.3) is 0 Å². The lowest BCUT2D eigenvalue weighted by atomic mass is 10.0. The van der Waals surface area contributed by atoms with Gasteiger partial charge in [0.2, 0.25) is 0 Å². The van der Waals surface area contributed by atoms with E-state index in [1.165, 1.54) is 30.5 Å². The standard InChI is InChI=1S/C30H32N6/c1-35(2)27-11-13-36(20-27)26-7-5-6-21(15-26)23-14-24(19-31-18-23)22-16-29(28-8-3-4-12-32-28)34-30(17-22)33-25-9-10-25/h3-8,12,14-19,25,27H,9-11,13,20H2,1-2H3,(H,33,34). The molecule has 0 radical (unpaired) electrons. The van der Waals surface area contributed by atoms with Crippen LogP contribution in [-0.2, 0) is 0 Å². The summed E-state index contributed by atoms with van der Waals surface area (Å²) >= 11 is 0. The van der Waals surface area contributed by atoms with Crippen LogP contribution < -0.4 is 10.2 Å². The second-order valence-corrected chi connectivity index (χ2v) is 10.1. The largest absolute Gasteiger partial charge is 0.370 e. The van der Waals surface area contributed by atoms with Crippen LogP contribution in [0.2, 0.25) is 0 Å². The van der Waals surface area contributed by atoms with E-state index in [0.29, 0.717) is 12.1 Å². The number of rotatable bonds is 7. The average Bonchev–Trinajstić information content (AvgIpc) is 3.59. The van der Waals surface area contributed by atoms with E-state index in [1.54, 1.807) is 0 Å². The molecule has 1 unspecified atom stereocenters. The van der Waals surface area contributed by atoms with Crippen LogP contribution in [-0.4, -0.2) is 59.1 Å². The van der Waals surface area contributed by atoms with Gasteiger partial charge in [-0.15, -0.1) is 0 Å². The third-order valence-corrected chi connectivity index (χ3v) is 7.19. The minimum absolute atomic E-state index is 0.522. The van der Waals surface area contributed by atoms with Gasteiger partial charge in [0.1, 0.15) is 5.82 Å². The first-order valence-electron chi connectivity index (χ1n) is 12.8. The van der Waals surface area contributed by atoms with E-state index >= 15 is 0 Å². The van der Waals surface area contributed by atoms with Crippen molar-refractivity contribution in [2.24, 2.45) is 0 Å². The number of likely N-dealkylation sites (N-methyl/N-ethyl adjacent to an activating group) is 1. The van der Waals surface area contributed by atoms with Crippen molar-refractivity contribution in [3.05, 3.63) is 79.3 Å². The molecule has 6 heteroatoms. The zero-order valence-corrected chi connectivity index (χ0v) is 20.9. The van der Waals surface area contributed by atoms with Gasteiger partial charge >= 0.3 is 0 Å². The molecule has 1 saturated carbocycles. The lowest BCUT2D eigenvalue weighted by Crippen LogP contribution is -2.31. The maximum atomic E-state index is 4.86. The zero-order chi connectivity index (χ0) is 24.5. The third kappa shape index (κ3) is 4.95. The van der Waals surface area contributed by atoms with Crippen molar-refractivity contribution in [2.45, 2.75) is 31.3 Å². The molecule has 0 bridgehead atoms. The fraction of sp³-hybridized carbons (Fsp3) is 0.300. The second-order valence-electron chi connectivity index (χ2n) is 10.1. The summed E-state index contributed by atoms with van der Waals surface area (Å²) < 4.78 is 0. The summed E-state index contributed by atoms with van der Waals surface area (Å²) in [6, 6.07) is 22.4. The molecule has 2 aliphatic rings. The number of hydrogen-bond donors (Lipinski definition) is 1. The van der Waals surface area contributed by atoms with Gasteiger partial charge in [-0.05, 0) is 86.9 Å². The predicted molar refractivity (Wildman–Crippen MR) is 147 cm³/mol. The molecule has 1 aromatic carbocycles. The lowest BCUT2D eigenvalue weighted by molar-refractivity contribution is 0.315. The fourth-order valence-corrected chi connectivity index (χ4v) is 4.89. The van der Waals surface area contributed by atoms with E-state index < -0.39 is 0 Å². The highest BCUT2D eigenvalue weighted by Crippen LogP contribution is 2.33. The van der Waals surface area contributed by atoms with E-state index in [1.807, 2.05) is 36.8 Å². The van der Waals surface area contributed by atoms with Gasteiger partial charge in [-0.3, -0.25) is 9.97 Å². The highest BCUT2D eigenvalue weighted by atomic mass is 15.2. The van der Waals surface area contributed by atoms with Gasteiger partial charge in [0, 0.05) is 60.6 Å². The van der Waals surface area contributed by atoms with Crippen molar-refractivity contribution in [1.29, 1.82) is 0 Å². The van der Waals surface area contributed by atoms with Crippen LogP contribution in [0.4, 0.5) is 11.5 Å². The van der Waals surface area contributed by atoms with Crippen LogP contribution in [0.25, 0.3) is 33.6 Å². The number of nitrogens with one attached hydrogen (secondary N) is 1. The Labute approximate surface area is 213 Å². The van der Waals surface area contributed by atoms with Crippen LogP contribution in [0.5, 0.6) is 0 Å². The van der Waals surface area contributed by atoms with Crippen molar-refractivity contribution < 1.29 is 0 Å². The Kier molecular flexibility index (Phi) is 6.11. The molecule has 2 fully saturated rings. The molecule has 1 aliphatic heterocycles. The Morgan fingerprint density at radius 2 is 1.69 bits per heavy atom. The van der Waals surface area contributed by atoms with Gasteiger partial charge in [-0.1, -0.05) is 18.2 Å². The topological polar surface area (TPSA) is 57.2 Å². The van der Waals surface area contributed by atoms with Crippen molar-refractivity contribution in [3.63, 3.8) is 0 Å². The number of nitrogens with zero attached hydrogens (tertiary/aromatic N) is 5. The highest BCUT2D eigenvalue weighted by Gasteiger charge is 2.24. The molecule has 1 aliphatic carbocycles. The summed E-state index contributed by atoms with van der Waals surface area (Å²) in [5.41, 5.74) is 7.48. The lowest BCUT2D eigenvalue weighted by Gasteiger charge is -2.22. The van der Waals surface area contributed by atoms with Crippen molar-refractivity contribution >= 4 is 11.5 Å². The van der Waals surface area contributed by atoms with Gasteiger partial charge in [-0.25, -0.2) is 4.98 Å². The van der Waals surface area contributed by atoms with E-state index in [4.69, 9.17) is 4.98 Å². The molecule has 4 heterocycles. The van der Waals surface area contributed by atoms with Crippen molar-refractivity contribution in [1.82, 2.24) is 19.9 Å². The van der Waals surface area contributed by atoms with E-state index in [2.05, 4.69) is 81.6 Å². The summed E-state index contributed by atoms with van der Waals surface area (Å²) in [6.07, 6.45) is 9.31. The third-order valence-electron chi connectivity index (χ3n) is 7.19. The van der Waals surface area contributed by atoms with Crippen LogP contribution in [0.15, 0.2) is 79.3 Å². The van der Waals surface area contributed by atoms with Crippen LogP contribution >= 0.6 is 0 Å². The van der Waals surface area contributed by atoms with E-state index in [9.17, 15) is 0 Å². The SMILES string of the molecule is CN(C)C1CCN(c2cccc(-c3cncc(-c4cc(NC5CC5)nc(-c5ccccn5)c4)c3)c2)C1. The molecular formula is C30H32N6. The molecular weight excluding hydrogens is 444 g/mol. The molecule has 36 heavy (non-hydrogen) atoms. The minimum atomic E-state index is 0.522. The zero-order valence-electron chi connectivity index (χ0n) is 20.9. The second kappa shape index (κ2) is 9.70. The van der Waals surface area contributed by atoms with Crippen LogP contribution in [0.3, 0.4) is 0 Å². The molecule has 1 N–H and O–H groups in total. The Morgan fingerprint density at radius 3 is 2.44 bits per heavy atom. The van der Waals surface area contributed by atoms with Crippen LogP contribution in [0.1, 0.15) is 19.3 Å². The predicted octanol–water partition coefficient (Wildman–Crippen LogP) is 5.59. The van der Waals surface area contributed by atoms with Crippen molar-refractivity contribution in [2.75, 3.05) is 37.4 Å². The first-order valence-corrected chi connectivity index (χ1v) is 12.8. The highest BCUT2D eigenvalue weighted by molar-refractivity contribution is 5.77. The molecule has 1 saturated heterocycles. The summed E-state index contributed by atoms with van der Waals surface area (Å²) in [5.74, 6) is 0.896. The van der Waals surface area contributed by atoms with Gasteiger partial charge < -0.3 is 15.1 Å². The van der Waals surface area contributed by atoms with E-state index in [0.717, 1.165) is 47.0 Å². The molecule has 3 aromatic heterocycles. The number of aromatic nitrogens is 3. The molecule has 6 nitrogen and oxygen atoms in total. The Morgan fingerprint density at radius 1 is 0.833 bits per heavy atom. The van der Waals surface area contributed by atoms with Crippen LogP contribution in [0, 0.1) is 0 Å². The molecule has 4 aromatic rings. The Bertz CT molecular complexity index is 1350. The van der Waals surface area contributed by atoms with E-state index in [-0.39, 0.29) is 0 Å². The minimum Gasteiger partial charge on any atom is -0.370 e. The number of anilines is 2. The molecule has 6 rings (SSSR count). The Balaban J connectivity index is 1.33. The Hall–Kier alpha value is -3.77. The van der Waals surface area contributed by atoms with Gasteiger partial charge in [0.05, 0.1) is 11.4 Å². The number of hydrogen-bond acceptors (Lipinski definition) is 6.